The molecule has 35 heavy (non-hydrogen) atoms. The van der Waals surface area contributed by atoms with Gasteiger partial charge in [0.2, 0.25) is 0 Å². The lowest BCUT2D eigenvalue weighted by molar-refractivity contribution is -0.384. The maximum Gasteiger partial charge on any atom is 0.282 e. The predicted molar refractivity (Wildman–Crippen MR) is 136 cm³/mol. The lowest BCUT2D eigenvalue weighted by atomic mass is 10.1. The van der Waals surface area contributed by atoms with Crippen molar-refractivity contribution in [2.75, 3.05) is 5.01 Å². The normalized spacial score (nSPS) is 14.3. The number of amidine groups is 1. The van der Waals surface area contributed by atoms with Crippen molar-refractivity contribution >= 4 is 81.5 Å². The van der Waals surface area contributed by atoms with E-state index in [1.54, 1.807) is 24.3 Å². The van der Waals surface area contributed by atoms with E-state index in [4.69, 9.17) is 46.4 Å². The van der Waals surface area contributed by atoms with Crippen LogP contribution in [0.25, 0.3) is 6.08 Å². The number of nitrogens with one attached hydrogen (secondary N) is 1. The number of benzene rings is 3. The van der Waals surface area contributed by atoms with Crippen molar-refractivity contribution < 1.29 is 14.5 Å². The van der Waals surface area contributed by atoms with Crippen LogP contribution in [0.5, 0.6) is 0 Å². The van der Waals surface area contributed by atoms with E-state index in [-0.39, 0.29) is 43.4 Å². The number of non-ortho nitro benzene ring substituents is 1. The van der Waals surface area contributed by atoms with Gasteiger partial charge in [-0.3, -0.25) is 19.7 Å². The molecule has 0 bridgehead atoms. The average Bonchev–Trinajstić information content (AvgIpc) is 3.09. The van der Waals surface area contributed by atoms with Crippen molar-refractivity contribution in [2.45, 2.75) is 0 Å². The first-order valence-corrected chi connectivity index (χ1v) is 11.3. The molecule has 0 aromatic heterocycles. The maximum absolute atomic E-state index is 13.4. The van der Waals surface area contributed by atoms with Crippen LogP contribution in [0.4, 0.5) is 11.4 Å². The zero-order chi connectivity index (χ0) is 25.3. The van der Waals surface area contributed by atoms with Crippen LogP contribution in [0.1, 0.15) is 15.9 Å². The second-order valence-electron chi connectivity index (χ2n) is 7.15. The standard InChI is InChI=1S/C23H12Cl4N4O4/c24-14-6-4-12(5-7-14)8-17-21(28-22(32)13-2-1-3-16(9-13)31(34)35)29-30(23(17)33)20-18(26)10-15(25)11-19(20)27/h1-11H,(H,28,29,32)/b17-8+. The summed E-state index contributed by atoms with van der Waals surface area (Å²) in [4.78, 5) is 36.7. The molecule has 3 aromatic carbocycles. The molecule has 1 aliphatic heterocycles. The first-order valence-electron chi connectivity index (χ1n) is 9.75. The quantitative estimate of drug-likeness (QED) is 0.231. The number of halogens is 4. The largest absolute Gasteiger partial charge is 0.304 e. The highest BCUT2D eigenvalue weighted by molar-refractivity contribution is 6.44. The number of nitro benzene ring substituents is 1. The molecule has 0 saturated carbocycles. The Morgan fingerprint density at radius 2 is 1.63 bits per heavy atom. The molecule has 1 N–H and O–H groups in total. The third-order valence-electron chi connectivity index (χ3n) is 4.80. The second kappa shape index (κ2) is 10.1. The van der Waals surface area contributed by atoms with Crippen molar-refractivity contribution in [3.63, 3.8) is 0 Å². The molecule has 176 valence electrons. The number of carbonyl (C=O) groups excluding carboxylic acids is 2. The lowest BCUT2D eigenvalue weighted by Gasteiger charge is -2.15. The minimum atomic E-state index is -0.711. The van der Waals surface area contributed by atoms with Gasteiger partial charge in [0, 0.05) is 27.7 Å². The smallest absolute Gasteiger partial charge is 0.282 e. The molecule has 4 rings (SSSR count). The third kappa shape index (κ3) is 5.31. The molecule has 0 saturated heterocycles. The van der Waals surface area contributed by atoms with Crippen molar-refractivity contribution in [1.29, 1.82) is 0 Å². The highest BCUT2D eigenvalue weighted by atomic mass is 35.5. The van der Waals surface area contributed by atoms with Crippen LogP contribution in [0.2, 0.25) is 20.1 Å². The van der Waals surface area contributed by atoms with Crippen LogP contribution in [-0.2, 0) is 4.79 Å². The zero-order valence-corrected chi connectivity index (χ0v) is 20.4. The van der Waals surface area contributed by atoms with E-state index in [0.29, 0.717) is 10.6 Å². The summed E-state index contributed by atoms with van der Waals surface area (Å²) >= 11 is 24.5. The van der Waals surface area contributed by atoms with Gasteiger partial charge < -0.3 is 5.32 Å². The molecule has 2 amide bonds. The monoisotopic (exact) mass is 548 g/mol. The molecule has 8 nitrogen and oxygen atoms in total. The minimum Gasteiger partial charge on any atom is -0.304 e. The van der Waals surface area contributed by atoms with Crippen LogP contribution in [0, 0.1) is 10.1 Å². The molecule has 0 radical (unpaired) electrons. The zero-order valence-electron chi connectivity index (χ0n) is 17.3. The molecular formula is C23H12Cl4N4O4. The Morgan fingerprint density at radius 3 is 2.26 bits per heavy atom. The van der Waals surface area contributed by atoms with Gasteiger partial charge in [0.1, 0.15) is 5.69 Å². The highest BCUT2D eigenvalue weighted by Gasteiger charge is 2.35. The van der Waals surface area contributed by atoms with Crippen LogP contribution in [0.3, 0.4) is 0 Å². The summed E-state index contributed by atoms with van der Waals surface area (Å²) in [5, 5.41) is 19.7. The van der Waals surface area contributed by atoms with Gasteiger partial charge in [-0.05, 0) is 42.0 Å². The Bertz CT molecular complexity index is 1410. The number of hydrogen-bond acceptors (Lipinski definition) is 5. The summed E-state index contributed by atoms with van der Waals surface area (Å²) in [6, 6.07) is 14.6. The Hall–Kier alpha value is -3.43. The minimum absolute atomic E-state index is 0.00111. The summed E-state index contributed by atoms with van der Waals surface area (Å²) in [6.07, 6.45) is 1.50. The van der Waals surface area contributed by atoms with Crippen molar-refractivity contribution in [3.8, 4) is 0 Å². The van der Waals surface area contributed by atoms with Gasteiger partial charge in [0.05, 0.1) is 20.5 Å². The third-order valence-corrected chi connectivity index (χ3v) is 5.85. The van der Waals surface area contributed by atoms with Gasteiger partial charge in [0.15, 0.2) is 5.84 Å². The summed E-state index contributed by atoms with van der Waals surface area (Å²) < 4.78 is 0. The van der Waals surface area contributed by atoms with Crippen molar-refractivity contribution in [1.82, 2.24) is 5.32 Å². The SMILES string of the molecule is O=C(NC1=NN(c2c(Cl)cc(Cl)cc2Cl)C(=O)/C1=C/c1ccc(Cl)cc1)c1cccc([N+](=O)[O-])c1. The molecule has 1 heterocycles. The maximum atomic E-state index is 13.4. The van der Waals surface area contributed by atoms with Gasteiger partial charge in [-0.15, -0.1) is 5.10 Å². The Morgan fingerprint density at radius 1 is 0.971 bits per heavy atom. The second-order valence-corrected chi connectivity index (χ2v) is 8.84. The molecule has 12 heteroatoms. The number of amides is 2. The molecule has 0 fully saturated rings. The van der Waals surface area contributed by atoms with Gasteiger partial charge in [0.25, 0.3) is 17.5 Å². The highest BCUT2D eigenvalue weighted by Crippen LogP contribution is 2.39. The topological polar surface area (TPSA) is 105 Å². The van der Waals surface area contributed by atoms with Crippen LogP contribution in [0.15, 0.2) is 71.3 Å². The first-order chi connectivity index (χ1) is 16.6. The Kier molecular flexibility index (Phi) is 7.09. The van der Waals surface area contributed by atoms with E-state index in [2.05, 4.69) is 10.4 Å². The number of carbonyl (C=O) groups is 2. The van der Waals surface area contributed by atoms with Crippen molar-refractivity contribution in [3.05, 3.63) is 108 Å². The number of rotatable bonds is 4. The van der Waals surface area contributed by atoms with Crippen LogP contribution in [-0.4, -0.2) is 22.6 Å². The molecule has 0 unspecified atom stereocenters. The summed E-state index contributed by atoms with van der Waals surface area (Å²) in [5.74, 6) is -1.44. The molecule has 1 aliphatic rings. The first kappa shape index (κ1) is 24.7. The average molecular weight is 550 g/mol. The van der Waals surface area contributed by atoms with E-state index >= 15 is 0 Å². The summed E-state index contributed by atoms with van der Waals surface area (Å²) in [5.41, 5.74) is 0.435. The number of nitro groups is 1. The van der Waals surface area contributed by atoms with Gasteiger partial charge in [-0.2, -0.15) is 5.01 Å². The van der Waals surface area contributed by atoms with Gasteiger partial charge in [-0.25, -0.2) is 0 Å². The molecule has 0 aliphatic carbocycles. The van der Waals surface area contributed by atoms with E-state index in [9.17, 15) is 19.7 Å². The molecule has 0 atom stereocenters. The number of anilines is 1. The fraction of sp³-hybridized carbons (Fsp3) is 0. The lowest BCUT2D eigenvalue weighted by Crippen LogP contribution is -2.31. The Labute approximate surface area is 218 Å². The Balaban J connectivity index is 1.77. The number of hydrazone groups is 1. The predicted octanol–water partition coefficient (Wildman–Crippen LogP) is 6.38. The van der Waals surface area contributed by atoms with E-state index in [1.165, 1.54) is 36.4 Å². The molecule has 0 spiro atoms. The van der Waals surface area contributed by atoms with Gasteiger partial charge in [-0.1, -0.05) is 64.6 Å². The van der Waals surface area contributed by atoms with Crippen molar-refractivity contribution in [2.24, 2.45) is 5.10 Å². The van der Waals surface area contributed by atoms with Crippen LogP contribution < -0.4 is 10.3 Å². The fourth-order valence-electron chi connectivity index (χ4n) is 3.19. The molecular weight excluding hydrogens is 538 g/mol. The van der Waals surface area contributed by atoms with E-state index in [1.807, 2.05) is 0 Å². The van der Waals surface area contributed by atoms with Crippen LogP contribution >= 0.6 is 46.4 Å². The molecule has 3 aromatic rings. The van der Waals surface area contributed by atoms with E-state index < -0.39 is 16.7 Å². The number of hydrogen-bond donors (Lipinski definition) is 1. The fourth-order valence-corrected chi connectivity index (χ4v) is 4.29. The number of nitrogens with zero attached hydrogens (tertiary/aromatic N) is 3. The summed E-state index contributed by atoms with van der Waals surface area (Å²) in [7, 11) is 0. The van der Waals surface area contributed by atoms with Gasteiger partial charge >= 0.3 is 0 Å². The summed E-state index contributed by atoms with van der Waals surface area (Å²) in [6.45, 7) is 0. The van der Waals surface area contributed by atoms with E-state index in [0.717, 1.165) is 11.1 Å².